The number of benzene rings is 3. The lowest BCUT2D eigenvalue weighted by Crippen LogP contribution is -2.39. The first-order valence-electron chi connectivity index (χ1n) is 10.8. The molecule has 0 saturated heterocycles. The molecule has 0 unspecified atom stereocenters. The second-order valence-electron chi connectivity index (χ2n) is 7.59. The lowest BCUT2D eigenvalue weighted by Gasteiger charge is -2.14. The number of urea groups is 1. The van der Waals surface area contributed by atoms with Crippen LogP contribution < -0.4 is 14.8 Å². The van der Waals surface area contributed by atoms with Gasteiger partial charge in [0, 0.05) is 22.2 Å². The molecular formula is C24H24IN3O6S. The van der Waals surface area contributed by atoms with E-state index in [2.05, 4.69) is 27.9 Å². The second-order valence-corrected chi connectivity index (χ2v) is 10.5. The summed E-state index contributed by atoms with van der Waals surface area (Å²) in [5.41, 5.74) is 1.33. The van der Waals surface area contributed by atoms with Crippen LogP contribution in [0.3, 0.4) is 0 Å². The van der Waals surface area contributed by atoms with Crippen LogP contribution in [0.5, 0.6) is 11.5 Å². The Morgan fingerprint density at radius 2 is 1.77 bits per heavy atom. The van der Waals surface area contributed by atoms with Gasteiger partial charge in [0.2, 0.25) is 0 Å². The van der Waals surface area contributed by atoms with E-state index in [4.69, 9.17) is 4.74 Å². The number of amides is 2. The minimum Gasteiger partial charge on any atom is -0.456 e. The van der Waals surface area contributed by atoms with Crippen molar-refractivity contribution in [1.29, 1.82) is 0 Å². The lowest BCUT2D eigenvalue weighted by molar-refractivity contribution is -0.385. The van der Waals surface area contributed by atoms with E-state index >= 15 is 0 Å². The van der Waals surface area contributed by atoms with Gasteiger partial charge in [-0.1, -0.05) is 44.0 Å². The quantitative estimate of drug-likeness (QED) is 0.129. The third-order valence-corrected chi connectivity index (χ3v) is 7.03. The highest BCUT2D eigenvalue weighted by Crippen LogP contribution is 2.33. The van der Waals surface area contributed by atoms with Gasteiger partial charge in [-0.05, 0) is 70.5 Å². The Balaban J connectivity index is 1.89. The van der Waals surface area contributed by atoms with Crippen LogP contribution in [0.15, 0.2) is 71.6 Å². The van der Waals surface area contributed by atoms with Gasteiger partial charge in [0.1, 0.15) is 16.4 Å². The van der Waals surface area contributed by atoms with E-state index in [9.17, 15) is 23.3 Å². The monoisotopic (exact) mass is 609 g/mol. The fraction of sp³-hybridized carbons (Fsp3) is 0.208. The van der Waals surface area contributed by atoms with Crippen LogP contribution in [0.1, 0.15) is 26.2 Å². The summed E-state index contributed by atoms with van der Waals surface area (Å²) in [7, 11) is -4.47. The van der Waals surface area contributed by atoms with E-state index in [0.717, 1.165) is 39.7 Å². The van der Waals surface area contributed by atoms with Crippen LogP contribution in [0, 0.1) is 13.7 Å². The number of carbonyl (C=O) groups is 1. The average molecular weight is 609 g/mol. The molecule has 0 aliphatic heterocycles. The number of nitrogens with zero attached hydrogens (tertiary/aromatic N) is 1. The number of unbranched alkanes of at least 4 members (excludes halogenated alkanes) is 2. The average Bonchev–Trinajstić information content (AvgIpc) is 2.82. The van der Waals surface area contributed by atoms with Crippen molar-refractivity contribution in [2.45, 2.75) is 31.1 Å². The van der Waals surface area contributed by atoms with Gasteiger partial charge in [-0.2, -0.15) is 0 Å². The zero-order valence-corrected chi connectivity index (χ0v) is 21.8. The number of rotatable bonds is 10. The van der Waals surface area contributed by atoms with Crippen molar-refractivity contribution in [2.75, 3.05) is 6.54 Å². The third kappa shape index (κ3) is 7.39. The van der Waals surface area contributed by atoms with Gasteiger partial charge in [0.25, 0.3) is 15.7 Å². The summed E-state index contributed by atoms with van der Waals surface area (Å²) in [5.74, 6) is 0.178. The molecule has 0 fully saturated rings. The van der Waals surface area contributed by atoms with E-state index in [1.807, 2.05) is 42.0 Å². The number of halogens is 1. The standard InChI is InChI=1S/C24H24IN3O6S/c1-2-3-4-14-26-24(29)27-35(32,33)23-16-20(28(30)31)12-13-22(23)34-21-7-5-6-18(15-21)17-8-10-19(25)11-9-17/h5-13,15-16H,2-4,14H2,1H3,(H2,26,27,29). The number of nitrogens with one attached hydrogen (secondary N) is 2. The summed E-state index contributed by atoms with van der Waals surface area (Å²) >= 11 is 2.21. The first-order valence-corrected chi connectivity index (χ1v) is 13.4. The number of nitro groups is 1. The van der Waals surface area contributed by atoms with Crippen molar-refractivity contribution in [3.05, 3.63) is 80.4 Å². The van der Waals surface area contributed by atoms with Crippen LogP contribution in [-0.2, 0) is 10.0 Å². The van der Waals surface area contributed by atoms with E-state index in [1.54, 1.807) is 18.2 Å². The molecule has 3 rings (SSSR count). The fourth-order valence-electron chi connectivity index (χ4n) is 3.20. The molecule has 35 heavy (non-hydrogen) atoms. The maximum atomic E-state index is 13.0. The van der Waals surface area contributed by atoms with Gasteiger partial charge in [-0.15, -0.1) is 0 Å². The van der Waals surface area contributed by atoms with Crippen LogP contribution in [0.2, 0.25) is 0 Å². The molecule has 0 aliphatic carbocycles. The summed E-state index contributed by atoms with van der Waals surface area (Å²) in [6.45, 7) is 2.31. The molecule has 3 aromatic carbocycles. The number of sulfonamides is 1. The molecule has 0 aliphatic rings. The summed E-state index contributed by atoms with van der Waals surface area (Å²) in [6.07, 6.45) is 2.53. The number of hydrogen-bond acceptors (Lipinski definition) is 6. The Kier molecular flexibility index (Phi) is 9.04. The molecule has 0 atom stereocenters. The summed E-state index contributed by atoms with van der Waals surface area (Å²) in [5, 5.41) is 13.7. The van der Waals surface area contributed by atoms with Crippen LogP contribution >= 0.6 is 22.6 Å². The SMILES string of the molecule is CCCCCNC(=O)NS(=O)(=O)c1cc([N+](=O)[O-])ccc1Oc1cccc(-c2ccc(I)cc2)c1. The maximum Gasteiger partial charge on any atom is 0.328 e. The predicted octanol–water partition coefficient (Wildman–Crippen LogP) is 5.84. The topological polar surface area (TPSA) is 128 Å². The van der Waals surface area contributed by atoms with Gasteiger partial charge in [-0.3, -0.25) is 10.1 Å². The largest absolute Gasteiger partial charge is 0.456 e. The van der Waals surface area contributed by atoms with Crippen molar-refractivity contribution in [2.24, 2.45) is 0 Å². The van der Waals surface area contributed by atoms with Gasteiger partial charge in [0.05, 0.1) is 4.92 Å². The van der Waals surface area contributed by atoms with E-state index < -0.39 is 31.6 Å². The molecule has 9 nitrogen and oxygen atoms in total. The summed E-state index contributed by atoms with van der Waals surface area (Å²) < 4.78 is 34.7. The third-order valence-electron chi connectivity index (χ3n) is 4.96. The van der Waals surface area contributed by atoms with Gasteiger partial charge >= 0.3 is 6.03 Å². The number of ether oxygens (including phenoxy) is 1. The van der Waals surface area contributed by atoms with Gasteiger partial charge in [-0.25, -0.2) is 17.9 Å². The molecule has 0 radical (unpaired) electrons. The molecule has 0 spiro atoms. The number of non-ortho nitro benzene ring substituents is 1. The molecule has 0 saturated carbocycles. The van der Waals surface area contributed by atoms with Gasteiger partial charge < -0.3 is 10.1 Å². The Morgan fingerprint density at radius 1 is 1.03 bits per heavy atom. The highest BCUT2D eigenvalue weighted by atomic mass is 127. The zero-order chi connectivity index (χ0) is 25.4. The molecular weight excluding hydrogens is 585 g/mol. The molecule has 0 bridgehead atoms. The van der Waals surface area contributed by atoms with Crippen molar-refractivity contribution in [1.82, 2.24) is 10.0 Å². The van der Waals surface area contributed by atoms with E-state index in [1.165, 1.54) is 6.07 Å². The van der Waals surface area contributed by atoms with E-state index in [0.29, 0.717) is 18.7 Å². The molecule has 0 heterocycles. The van der Waals surface area contributed by atoms with Crippen molar-refractivity contribution in [3.63, 3.8) is 0 Å². The number of nitro benzene ring substituents is 1. The first kappa shape index (κ1) is 26.4. The highest BCUT2D eigenvalue weighted by Gasteiger charge is 2.26. The van der Waals surface area contributed by atoms with Crippen molar-refractivity contribution < 1.29 is 22.9 Å². The van der Waals surface area contributed by atoms with Gasteiger partial charge in [0.15, 0.2) is 0 Å². The predicted molar refractivity (Wildman–Crippen MR) is 141 cm³/mol. The Bertz CT molecular complexity index is 1310. The molecule has 2 amide bonds. The Hall–Kier alpha value is -3.19. The van der Waals surface area contributed by atoms with Crippen molar-refractivity contribution >= 4 is 44.3 Å². The Labute approximate surface area is 217 Å². The van der Waals surface area contributed by atoms with Crippen LogP contribution in [-0.4, -0.2) is 25.9 Å². The smallest absolute Gasteiger partial charge is 0.328 e. The molecule has 184 valence electrons. The molecule has 2 N–H and O–H groups in total. The van der Waals surface area contributed by atoms with Crippen molar-refractivity contribution in [3.8, 4) is 22.6 Å². The summed E-state index contributed by atoms with van der Waals surface area (Å²) in [6, 6.07) is 17.1. The number of carbonyl (C=O) groups excluding carboxylic acids is 1. The minimum atomic E-state index is -4.47. The summed E-state index contributed by atoms with van der Waals surface area (Å²) in [4.78, 5) is 22.2. The minimum absolute atomic E-state index is 0.151. The maximum absolute atomic E-state index is 13.0. The lowest BCUT2D eigenvalue weighted by atomic mass is 10.1. The fourth-order valence-corrected chi connectivity index (χ4v) is 4.64. The molecule has 3 aromatic rings. The Morgan fingerprint density at radius 3 is 2.46 bits per heavy atom. The van der Waals surface area contributed by atoms with E-state index in [-0.39, 0.29) is 5.75 Å². The zero-order valence-electron chi connectivity index (χ0n) is 18.9. The second kappa shape index (κ2) is 12.0. The number of hydrogen-bond donors (Lipinski definition) is 2. The van der Waals surface area contributed by atoms with Crippen LogP contribution in [0.4, 0.5) is 10.5 Å². The van der Waals surface area contributed by atoms with Crippen LogP contribution in [0.25, 0.3) is 11.1 Å². The first-order chi connectivity index (χ1) is 16.7. The highest BCUT2D eigenvalue weighted by molar-refractivity contribution is 14.1. The molecule has 0 aromatic heterocycles. The molecule has 11 heteroatoms. The normalized spacial score (nSPS) is 11.0.